The molecule has 0 aliphatic carbocycles. The first-order valence-corrected chi connectivity index (χ1v) is 7.55. The maximum atomic E-state index is 12.7. The summed E-state index contributed by atoms with van der Waals surface area (Å²) in [6.45, 7) is 7.28. The van der Waals surface area contributed by atoms with Crippen LogP contribution < -0.4 is 11.1 Å². The number of nitrogens with zero attached hydrogens (tertiary/aromatic N) is 1. The number of likely N-dealkylation sites (tertiary alicyclic amines) is 1. The second-order valence-electron chi connectivity index (χ2n) is 5.92. The number of furan rings is 1. The molecule has 21 heavy (non-hydrogen) atoms. The van der Waals surface area contributed by atoms with Crippen molar-refractivity contribution in [3.63, 3.8) is 0 Å². The Morgan fingerprint density at radius 2 is 1.86 bits per heavy atom. The highest BCUT2D eigenvalue weighted by molar-refractivity contribution is 7.80. The molecule has 116 valence electrons. The molecule has 1 amide bonds. The molecule has 3 N–H and O–H groups in total. The van der Waals surface area contributed by atoms with Gasteiger partial charge in [0, 0.05) is 18.7 Å². The molecule has 0 aromatic carbocycles. The van der Waals surface area contributed by atoms with Crippen LogP contribution in [0.4, 0.5) is 0 Å². The topological polar surface area (TPSA) is 71.5 Å². The van der Waals surface area contributed by atoms with Gasteiger partial charge in [-0.25, -0.2) is 0 Å². The molecule has 1 aliphatic heterocycles. The zero-order valence-corrected chi connectivity index (χ0v) is 13.9. The average molecular weight is 309 g/mol. The Hall–Kier alpha value is -1.40. The van der Waals surface area contributed by atoms with Gasteiger partial charge in [-0.05, 0) is 40.7 Å². The lowest BCUT2D eigenvalue weighted by atomic mass is 9.87. The van der Waals surface area contributed by atoms with Gasteiger partial charge in [0.05, 0.1) is 16.1 Å². The monoisotopic (exact) mass is 309 g/mol. The molecule has 1 aromatic heterocycles. The predicted octanol–water partition coefficient (Wildman–Crippen LogP) is 1.69. The summed E-state index contributed by atoms with van der Waals surface area (Å²) >= 11 is 5.23. The van der Waals surface area contributed by atoms with Crippen LogP contribution in [0.25, 0.3) is 0 Å². The van der Waals surface area contributed by atoms with E-state index in [9.17, 15) is 4.79 Å². The summed E-state index contributed by atoms with van der Waals surface area (Å²) in [5.74, 6) is 1.25. The fourth-order valence-electron chi connectivity index (χ4n) is 2.84. The van der Waals surface area contributed by atoms with Gasteiger partial charge in [-0.3, -0.25) is 4.79 Å². The molecule has 2 rings (SSSR count). The van der Waals surface area contributed by atoms with Crippen LogP contribution >= 0.6 is 12.2 Å². The fraction of sp³-hybridized carbons (Fsp3) is 0.600. The Kier molecular flexibility index (Phi) is 4.39. The van der Waals surface area contributed by atoms with Crippen LogP contribution in [0, 0.1) is 20.8 Å². The summed E-state index contributed by atoms with van der Waals surface area (Å²) in [5.41, 5.74) is 6.81. The smallest absolute Gasteiger partial charge is 0.255 e. The van der Waals surface area contributed by atoms with E-state index in [1.54, 1.807) is 6.92 Å². The Bertz CT molecular complexity index is 572. The number of amides is 1. The van der Waals surface area contributed by atoms with E-state index < -0.39 is 5.54 Å². The lowest BCUT2D eigenvalue weighted by Crippen LogP contribution is -2.61. The summed E-state index contributed by atoms with van der Waals surface area (Å²) in [5, 5.41) is 3.07. The maximum Gasteiger partial charge on any atom is 0.255 e. The fourth-order valence-corrected chi connectivity index (χ4v) is 3.10. The molecule has 0 spiro atoms. The molecule has 6 heteroatoms. The SMILES string of the molecule is Cc1oc(C)c(C(=O)NC2(C(N)=S)CCN(C)CC2)c1C. The zero-order chi connectivity index (χ0) is 15.8. The van der Waals surface area contributed by atoms with Crippen LogP contribution in [0.5, 0.6) is 0 Å². The average Bonchev–Trinajstić information content (AvgIpc) is 2.66. The van der Waals surface area contributed by atoms with Gasteiger partial charge in [-0.2, -0.15) is 0 Å². The molecule has 0 unspecified atom stereocenters. The van der Waals surface area contributed by atoms with Crippen LogP contribution in [-0.2, 0) is 0 Å². The largest absolute Gasteiger partial charge is 0.466 e. The molecule has 0 saturated carbocycles. The quantitative estimate of drug-likeness (QED) is 0.831. The third-order valence-corrected chi connectivity index (χ3v) is 4.84. The standard InChI is InChI=1S/C15H23N3O2S/c1-9-10(2)20-11(3)12(9)13(19)17-15(14(16)21)5-7-18(4)8-6-15/h5-8H2,1-4H3,(H2,16,21)(H,17,19). The van der Waals surface area contributed by atoms with Crippen LogP contribution in [0.1, 0.15) is 40.3 Å². The number of carbonyl (C=O) groups is 1. The Morgan fingerprint density at radius 1 is 1.29 bits per heavy atom. The molecule has 1 aromatic rings. The van der Waals surface area contributed by atoms with Gasteiger partial charge in [-0.15, -0.1) is 0 Å². The second-order valence-corrected chi connectivity index (χ2v) is 6.36. The molecule has 1 aliphatic rings. The van der Waals surface area contributed by atoms with Crippen molar-refractivity contribution in [3.05, 3.63) is 22.6 Å². The first-order valence-electron chi connectivity index (χ1n) is 7.14. The van der Waals surface area contributed by atoms with Crippen molar-refractivity contribution in [1.29, 1.82) is 0 Å². The number of aryl methyl sites for hydroxylation is 2. The molecule has 0 radical (unpaired) electrons. The lowest BCUT2D eigenvalue weighted by Gasteiger charge is -2.40. The third kappa shape index (κ3) is 2.96. The van der Waals surface area contributed by atoms with E-state index >= 15 is 0 Å². The van der Waals surface area contributed by atoms with E-state index in [4.69, 9.17) is 22.4 Å². The van der Waals surface area contributed by atoms with Crippen LogP contribution in [0.15, 0.2) is 4.42 Å². The number of rotatable bonds is 3. The van der Waals surface area contributed by atoms with Gasteiger partial charge in [0.2, 0.25) is 0 Å². The predicted molar refractivity (Wildman–Crippen MR) is 86.6 cm³/mol. The Morgan fingerprint density at radius 3 is 2.29 bits per heavy atom. The third-order valence-electron chi connectivity index (χ3n) is 4.45. The van der Waals surface area contributed by atoms with Crippen LogP contribution in [0.2, 0.25) is 0 Å². The van der Waals surface area contributed by atoms with Crippen molar-refractivity contribution in [2.45, 2.75) is 39.2 Å². The minimum absolute atomic E-state index is 0.154. The highest BCUT2D eigenvalue weighted by atomic mass is 32.1. The number of nitrogens with one attached hydrogen (secondary N) is 1. The van der Waals surface area contributed by atoms with Crippen molar-refractivity contribution < 1.29 is 9.21 Å². The van der Waals surface area contributed by atoms with E-state index in [-0.39, 0.29) is 5.91 Å². The molecule has 0 atom stereocenters. The molecule has 2 heterocycles. The zero-order valence-electron chi connectivity index (χ0n) is 13.1. The van der Waals surface area contributed by atoms with E-state index in [0.29, 0.717) is 16.3 Å². The molecular weight excluding hydrogens is 286 g/mol. The van der Waals surface area contributed by atoms with Gasteiger partial charge in [-0.1, -0.05) is 12.2 Å². The molecule has 5 nitrogen and oxygen atoms in total. The number of nitrogens with two attached hydrogens (primary N) is 1. The summed E-state index contributed by atoms with van der Waals surface area (Å²) < 4.78 is 5.53. The van der Waals surface area contributed by atoms with Gasteiger partial charge < -0.3 is 20.4 Å². The summed E-state index contributed by atoms with van der Waals surface area (Å²) in [6.07, 6.45) is 1.47. The highest BCUT2D eigenvalue weighted by Gasteiger charge is 2.39. The van der Waals surface area contributed by atoms with Crippen molar-refractivity contribution in [2.75, 3.05) is 20.1 Å². The molecule has 1 saturated heterocycles. The van der Waals surface area contributed by atoms with Gasteiger partial charge in [0.25, 0.3) is 5.91 Å². The molecule has 0 bridgehead atoms. The van der Waals surface area contributed by atoms with Crippen molar-refractivity contribution in [3.8, 4) is 0 Å². The minimum atomic E-state index is -0.594. The van der Waals surface area contributed by atoms with Gasteiger partial charge in [0.15, 0.2) is 0 Å². The van der Waals surface area contributed by atoms with E-state index in [2.05, 4.69) is 17.3 Å². The van der Waals surface area contributed by atoms with Crippen molar-refractivity contribution >= 4 is 23.1 Å². The van der Waals surface area contributed by atoms with Gasteiger partial charge >= 0.3 is 0 Å². The number of thiocarbonyl (C=S) groups is 1. The molecule has 1 fully saturated rings. The summed E-state index contributed by atoms with van der Waals surface area (Å²) in [4.78, 5) is 15.2. The number of hydrogen-bond acceptors (Lipinski definition) is 4. The lowest BCUT2D eigenvalue weighted by molar-refractivity contribution is 0.0888. The van der Waals surface area contributed by atoms with Gasteiger partial charge in [0.1, 0.15) is 11.5 Å². The maximum absolute atomic E-state index is 12.7. The van der Waals surface area contributed by atoms with E-state index in [1.807, 2.05) is 13.8 Å². The Balaban J connectivity index is 2.25. The normalized spacial score (nSPS) is 18.5. The number of carbonyl (C=O) groups excluding carboxylic acids is 1. The minimum Gasteiger partial charge on any atom is -0.466 e. The van der Waals surface area contributed by atoms with Crippen LogP contribution in [0.3, 0.4) is 0 Å². The molecular formula is C15H23N3O2S. The Labute approximate surface area is 130 Å². The summed E-state index contributed by atoms with van der Waals surface area (Å²) in [7, 11) is 2.05. The first kappa shape index (κ1) is 16.0. The van der Waals surface area contributed by atoms with E-state index in [1.165, 1.54) is 0 Å². The van der Waals surface area contributed by atoms with Crippen molar-refractivity contribution in [1.82, 2.24) is 10.2 Å². The second kappa shape index (κ2) is 5.77. The van der Waals surface area contributed by atoms with Crippen LogP contribution in [-0.4, -0.2) is 41.5 Å². The van der Waals surface area contributed by atoms with Crippen molar-refractivity contribution in [2.24, 2.45) is 5.73 Å². The summed E-state index contributed by atoms with van der Waals surface area (Å²) in [6, 6.07) is 0. The number of hydrogen-bond donors (Lipinski definition) is 2. The first-order chi connectivity index (χ1) is 9.77. The van der Waals surface area contributed by atoms with E-state index in [0.717, 1.165) is 37.3 Å². The number of piperidine rings is 1. The highest BCUT2D eigenvalue weighted by Crippen LogP contribution is 2.25.